The smallest absolute Gasteiger partial charge is 0.302 e. The van der Waals surface area contributed by atoms with Gasteiger partial charge < -0.3 is 41.2 Å². The van der Waals surface area contributed by atoms with Gasteiger partial charge in [-0.2, -0.15) is 0 Å². The number of phenolic OH excluding ortho intramolecular Hbond substituents is 1. The van der Waals surface area contributed by atoms with E-state index in [0.717, 1.165) is 69.9 Å². The first-order valence-electron chi connectivity index (χ1n) is 18.3. The second kappa shape index (κ2) is 18.1. The first kappa shape index (κ1) is 37.8. The number of hydrogen-bond donors (Lipinski definition) is 6. The highest BCUT2D eigenvalue weighted by Gasteiger charge is 2.39. The van der Waals surface area contributed by atoms with E-state index in [4.69, 9.17) is 15.2 Å². The summed E-state index contributed by atoms with van der Waals surface area (Å²) < 4.78 is 12.4. The third-order valence-corrected chi connectivity index (χ3v) is 11.0. The summed E-state index contributed by atoms with van der Waals surface area (Å²) >= 11 is 0. The Morgan fingerprint density at radius 1 is 1.25 bits per heavy atom. The van der Waals surface area contributed by atoms with Crippen molar-refractivity contribution in [2.75, 3.05) is 20.1 Å². The number of hydrogen-bond acceptors (Lipinski definition) is 8. The van der Waals surface area contributed by atoms with E-state index in [0.29, 0.717) is 43.1 Å². The molecule has 0 amide bonds. The van der Waals surface area contributed by atoms with Crippen LogP contribution in [-0.2, 0) is 22.6 Å². The van der Waals surface area contributed by atoms with Crippen molar-refractivity contribution in [2.45, 2.75) is 135 Å². The molecule has 0 spiro atoms. The van der Waals surface area contributed by atoms with E-state index in [1.165, 1.54) is 6.92 Å². The van der Waals surface area contributed by atoms with Crippen molar-refractivity contribution in [2.24, 2.45) is 33.9 Å². The monoisotopic (exact) mass is 668 g/mol. The van der Waals surface area contributed by atoms with E-state index in [1.54, 1.807) is 13.1 Å². The van der Waals surface area contributed by atoms with E-state index in [9.17, 15) is 20.1 Å². The van der Waals surface area contributed by atoms with Gasteiger partial charge in [0, 0.05) is 44.8 Å². The number of unbranched alkanes of at least 4 members (excludes halogenated alkanes) is 2. The molecule has 1 aromatic carbocycles. The molecule has 7 N–H and O–H groups in total. The van der Waals surface area contributed by atoms with Crippen molar-refractivity contribution in [1.29, 1.82) is 0 Å². The molecular formula is C38H60N4O6. The number of aromatic hydroxyl groups is 1. The van der Waals surface area contributed by atoms with Gasteiger partial charge in [0.15, 0.2) is 17.5 Å². The topological polar surface area (TPSA) is 159 Å². The molecule has 1 fully saturated rings. The van der Waals surface area contributed by atoms with Crippen LogP contribution in [0.5, 0.6) is 11.5 Å². The van der Waals surface area contributed by atoms with Gasteiger partial charge >= 0.3 is 5.97 Å². The second-order valence-electron chi connectivity index (χ2n) is 14.4. The number of nitrogens with zero attached hydrogens (tertiary/aromatic N) is 1. The number of carbonyl (C=O) groups excluding carboxylic acids is 1. The highest BCUT2D eigenvalue weighted by molar-refractivity contribution is 5.77. The first-order valence-corrected chi connectivity index (χ1v) is 18.3. The Bertz CT molecular complexity index is 1290. The molecule has 10 heteroatoms. The second-order valence-corrected chi connectivity index (χ2v) is 14.4. The lowest BCUT2D eigenvalue weighted by Crippen LogP contribution is -2.45. The van der Waals surface area contributed by atoms with E-state index >= 15 is 0 Å². The molecule has 2 aliphatic heterocycles. The highest BCUT2D eigenvalue weighted by Crippen LogP contribution is 2.41. The Morgan fingerprint density at radius 2 is 2.06 bits per heavy atom. The number of nitrogens with one attached hydrogen (secondary N) is 2. The van der Waals surface area contributed by atoms with Crippen molar-refractivity contribution in [3.63, 3.8) is 0 Å². The quantitative estimate of drug-likeness (QED) is 0.0730. The lowest BCUT2D eigenvalue weighted by Gasteiger charge is -2.39. The molecule has 3 aliphatic rings. The van der Waals surface area contributed by atoms with Crippen LogP contribution in [0.25, 0.3) is 0 Å². The number of rotatable bonds is 9. The highest BCUT2D eigenvalue weighted by atomic mass is 16.5. The van der Waals surface area contributed by atoms with Crippen LogP contribution >= 0.6 is 0 Å². The summed E-state index contributed by atoms with van der Waals surface area (Å²) in [5.41, 5.74) is 7.11. The molecule has 0 radical (unpaired) electrons. The molecule has 4 bridgehead atoms. The summed E-state index contributed by atoms with van der Waals surface area (Å²) in [5.74, 6) is 7.78. The molecule has 8 unspecified atom stereocenters. The summed E-state index contributed by atoms with van der Waals surface area (Å²) in [5, 5.41) is 39.9. The number of aliphatic hydroxyl groups is 2. The number of aliphatic hydroxyl groups excluding tert-OH is 2. The molecule has 0 aromatic heterocycles. The Morgan fingerprint density at radius 3 is 2.79 bits per heavy atom. The zero-order valence-electron chi connectivity index (χ0n) is 29.6. The van der Waals surface area contributed by atoms with Gasteiger partial charge in [0.2, 0.25) is 0 Å². The van der Waals surface area contributed by atoms with E-state index < -0.39 is 23.6 Å². The van der Waals surface area contributed by atoms with Gasteiger partial charge in [-0.3, -0.25) is 9.79 Å². The number of guanidine groups is 1. The van der Waals surface area contributed by atoms with E-state index in [1.807, 2.05) is 6.07 Å². The lowest BCUT2D eigenvalue weighted by atomic mass is 9.68. The average Bonchev–Trinajstić information content (AvgIpc) is 3.07. The Hall–Kier alpha value is -3.00. The summed E-state index contributed by atoms with van der Waals surface area (Å²) in [6.45, 7) is 6.99. The van der Waals surface area contributed by atoms with Gasteiger partial charge in [-0.05, 0) is 87.1 Å². The van der Waals surface area contributed by atoms with Crippen LogP contribution < -0.4 is 21.1 Å². The Balaban J connectivity index is 1.86. The van der Waals surface area contributed by atoms with Crippen molar-refractivity contribution in [3.8, 4) is 23.3 Å². The minimum absolute atomic E-state index is 0.00578. The number of esters is 1. The molecule has 0 saturated carbocycles. The summed E-state index contributed by atoms with van der Waals surface area (Å²) in [6, 6.07) is 3.71. The standard InChI is InChI=1S/C38H60N4O6/c1-5-6-7-9-25(2)38(24-42-37(39)40-4)15-12-27-10-8-11-30-21-32(14-17-41-30)48-36-20-28(29(23-43)19-34(36)46)18-33(27)35(47-26(3)44)22-31(45)13-16-38/h19-20,25,27,30-33,35,41,43,45-46H,5-11,13-14,16-18,21-24H2,1-4H3,(H3,39,40,42). The molecule has 48 heavy (non-hydrogen) atoms. The number of phenols is 1. The van der Waals surface area contributed by atoms with E-state index in [-0.39, 0.29) is 48.7 Å². The maximum absolute atomic E-state index is 12.6. The Kier molecular flexibility index (Phi) is 14.3. The predicted molar refractivity (Wildman–Crippen MR) is 188 cm³/mol. The zero-order valence-corrected chi connectivity index (χ0v) is 29.6. The third kappa shape index (κ3) is 10.3. The molecule has 8 atom stereocenters. The molecule has 268 valence electrons. The summed E-state index contributed by atoms with van der Waals surface area (Å²) in [7, 11) is 1.67. The van der Waals surface area contributed by atoms with Crippen molar-refractivity contribution in [1.82, 2.24) is 10.6 Å². The minimum atomic E-state index is -0.710. The maximum Gasteiger partial charge on any atom is 0.302 e. The van der Waals surface area contributed by atoms with Crippen LogP contribution in [-0.4, -0.2) is 71.7 Å². The number of ether oxygens (including phenoxy) is 2. The van der Waals surface area contributed by atoms with Crippen molar-refractivity contribution in [3.05, 3.63) is 23.3 Å². The van der Waals surface area contributed by atoms with Crippen LogP contribution in [0.3, 0.4) is 0 Å². The van der Waals surface area contributed by atoms with E-state index in [2.05, 4.69) is 41.3 Å². The average molecular weight is 669 g/mol. The van der Waals surface area contributed by atoms with Crippen molar-refractivity contribution >= 4 is 11.9 Å². The van der Waals surface area contributed by atoms with Gasteiger partial charge in [0.05, 0.1) is 18.1 Å². The largest absolute Gasteiger partial charge is 0.504 e. The predicted octanol–water partition coefficient (Wildman–Crippen LogP) is 4.56. The molecule has 1 aromatic rings. The fraction of sp³-hybridized carbons (Fsp3) is 0.737. The molecule has 2 heterocycles. The zero-order chi connectivity index (χ0) is 34.7. The van der Waals surface area contributed by atoms with Crippen LogP contribution in [0, 0.1) is 35.0 Å². The molecular weight excluding hydrogens is 608 g/mol. The number of piperidine rings is 1. The summed E-state index contributed by atoms with van der Waals surface area (Å²) in [6.07, 6.45) is 9.31. The van der Waals surface area contributed by atoms with Crippen LogP contribution in [0.4, 0.5) is 0 Å². The fourth-order valence-electron chi connectivity index (χ4n) is 7.94. The number of fused-ring (bicyclic) bond motifs is 5. The van der Waals surface area contributed by atoms with Crippen LogP contribution in [0.1, 0.15) is 109 Å². The number of aliphatic imine (C=N–C) groups is 1. The first-order chi connectivity index (χ1) is 23.1. The fourth-order valence-corrected chi connectivity index (χ4v) is 7.94. The van der Waals surface area contributed by atoms with Crippen molar-refractivity contribution < 1.29 is 29.6 Å². The normalized spacial score (nSPS) is 30.4. The lowest BCUT2D eigenvalue weighted by molar-refractivity contribution is -0.152. The summed E-state index contributed by atoms with van der Waals surface area (Å²) in [4.78, 5) is 16.7. The SMILES string of the molecule is CCCCCC(C)C1(CNC(N)=NC)C#CC2CCCC3CC(CCN3)Oc3cc(c(CO)cc3O)CC2C(OC(C)=O)CC(O)CC1. The number of benzene rings is 1. The van der Waals surface area contributed by atoms with Gasteiger partial charge in [-0.25, -0.2) is 0 Å². The van der Waals surface area contributed by atoms with Gasteiger partial charge in [-0.15, -0.1) is 0 Å². The molecule has 1 aliphatic carbocycles. The van der Waals surface area contributed by atoms with Crippen LogP contribution in [0.2, 0.25) is 0 Å². The minimum Gasteiger partial charge on any atom is -0.504 e. The van der Waals surface area contributed by atoms with Gasteiger partial charge in [0.1, 0.15) is 12.2 Å². The number of nitrogens with two attached hydrogens (primary N) is 1. The number of carbonyl (C=O) groups is 1. The molecule has 1 saturated heterocycles. The molecule has 10 nitrogen and oxygen atoms in total. The molecule has 4 rings (SSSR count). The van der Waals surface area contributed by atoms with Crippen LogP contribution in [0.15, 0.2) is 17.1 Å². The van der Waals surface area contributed by atoms with Gasteiger partial charge in [-0.1, -0.05) is 51.4 Å². The Labute approximate surface area is 287 Å². The van der Waals surface area contributed by atoms with Gasteiger partial charge in [0.25, 0.3) is 0 Å². The third-order valence-electron chi connectivity index (χ3n) is 11.0. The maximum atomic E-state index is 12.6.